The van der Waals surface area contributed by atoms with Crippen molar-refractivity contribution in [1.29, 1.82) is 0 Å². The molecular weight excluding hydrogens is 258 g/mol. The average Bonchev–Trinajstić information content (AvgIpc) is 2.75. The molecule has 1 aliphatic rings. The first kappa shape index (κ1) is 15.0. The zero-order valence-corrected chi connectivity index (χ0v) is 11.8. The molecule has 0 spiro atoms. The van der Waals surface area contributed by atoms with Gasteiger partial charge in [-0.2, -0.15) is 0 Å². The fraction of sp³-hybridized carbons (Fsp3) is 0.533. The number of hydrogen-bond acceptors (Lipinski definition) is 4. The second kappa shape index (κ2) is 5.91. The molecule has 0 bridgehead atoms. The monoisotopic (exact) mass is 279 g/mol. The highest BCUT2D eigenvalue weighted by Gasteiger charge is 2.32. The third kappa shape index (κ3) is 3.79. The molecule has 0 radical (unpaired) electrons. The average molecular weight is 279 g/mol. The molecule has 1 aromatic carbocycles. The molecule has 110 valence electrons. The molecule has 1 fully saturated rings. The molecule has 0 aromatic heterocycles. The maximum atomic E-state index is 10.8. The standard InChI is InChI=1S/C15H21NO4/c1-15(2)19-9-12(20-15)8-5-10-3-6-11(7-4-10)13(16)14(17)18/h3-4,6-7,12-13H,5,8-9,16H2,1-2H3,(H,17,18)/t12?,13-/m0/s1. The number of nitrogens with two attached hydrogens (primary N) is 1. The summed E-state index contributed by atoms with van der Waals surface area (Å²) >= 11 is 0. The zero-order valence-electron chi connectivity index (χ0n) is 11.8. The van der Waals surface area contributed by atoms with Crippen LogP contribution >= 0.6 is 0 Å². The van der Waals surface area contributed by atoms with Gasteiger partial charge in [0.15, 0.2) is 5.79 Å². The van der Waals surface area contributed by atoms with E-state index < -0.39 is 17.8 Å². The van der Waals surface area contributed by atoms with Crippen LogP contribution in [-0.4, -0.2) is 29.6 Å². The van der Waals surface area contributed by atoms with Crippen LogP contribution in [-0.2, 0) is 20.7 Å². The molecule has 2 atom stereocenters. The SMILES string of the molecule is CC1(C)OCC(CCc2ccc([C@H](N)C(=O)O)cc2)O1. The summed E-state index contributed by atoms with van der Waals surface area (Å²) < 4.78 is 11.3. The molecule has 0 saturated carbocycles. The Labute approximate surface area is 118 Å². The molecule has 1 heterocycles. The minimum Gasteiger partial charge on any atom is -0.480 e. The Bertz CT molecular complexity index is 469. The summed E-state index contributed by atoms with van der Waals surface area (Å²) in [5.74, 6) is -1.50. The maximum Gasteiger partial charge on any atom is 0.325 e. The lowest BCUT2D eigenvalue weighted by Gasteiger charge is -2.17. The predicted molar refractivity (Wildman–Crippen MR) is 74.2 cm³/mol. The Morgan fingerprint density at radius 3 is 2.60 bits per heavy atom. The number of aliphatic carboxylic acids is 1. The van der Waals surface area contributed by atoms with Crippen molar-refractivity contribution in [2.45, 2.75) is 44.6 Å². The number of ether oxygens (including phenoxy) is 2. The van der Waals surface area contributed by atoms with Crippen LogP contribution in [0, 0.1) is 0 Å². The number of carboxylic acids is 1. The van der Waals surface area contributed by atoms with E-state index in [2.05, 4.69) is 0 Å². The molecule has 1 saturated heterocycles. The first-order valence-electron chi connectivity index (χ1n) is 6.76. The number of aryl methyl sites for hydroxylation is 1. The molecule has 2 rings (SSSR count). The predicted octanol–water partition coefficient (Wildman–Crippen LogP) is 1.86. The van der Waals surface area contributed by atoms with Crippen molar-refractivity contribution in [2.75, 3.05) is 6.61 Å². The lowest BCUT2D eigenvalue weighted by atomic mass is 10.0. The Kier molecular flexibility index (Phi) is 4.42. The number of rotatable bonds is 5. The smallest absolute Gasteiger partial charge is 0.325 e. The summed E-state index contributed by atoms with van der Waals surface area (Å²) in [6.45, 7) is 4.44. The Morgan fingerprint density at radius 1 is 1.45 bits per heavy atom. The second-order valence-electron chi connectivity index (χ2n) is 5.55. The van der Waals surface area contributed by atoms with E-state index in [1.54, 1.807) is 12.1 Å². The number of carbonyl (C=O) groups is 1. The minimum atomic E-state index is -1.02. The van der Waals surface area contributed by atoms with Crippen LogP contribution < -0.4 is 5.73 Å². The summed E-state index contributed by atoms with van der Waals surface area (Å²) in [5.41, 5.74) is 7.31. The van der Waals surface area contributed by atoms with E-state index in [0.717, 1.165) is 18.4 Å². The van der Waals surface area contributed by atoms with Crippen LogP contribution in [0.3, 0.4) is 0 Å². The number of benzene rings is 1. The topological polar surface area (TPSA) is 81.8 Å². The van der Waals surface area contributed by atoms with Gasteiger partial charge in [0.25, 0.3) is 0 Å². The van der Waals surface area contributed by atoms with E-state index in [9.17, 15) is 4.79 Å². The minimum absolute atomic E-state index is 0.117. The van der Waals surface area contributed by atoms with Gasteiger partial charge in [-0.1, -0.05) is 24.3 Å². The fourth-order valence-corrected chi connectivity index (χ4v) is 2.27. The largest absolute Gasteiger partial charge is 0.480 e. The van der Waals surface area contributed by atoms with Crippen molar-refractivity contribution in [3.05, 3.63) is 35.4 Å². The Morgan fingerprint density at radius 2 is 2.10 bits per heavy atom. The lowest BCUT2D eigenvalue weighted by molar-refractivity contribution is -0.139. The molecule has 0 amide bonds. The van der Waals surface area contributed by atoms with Crippen molar-refractivity contribution < 1.29 is 19.4 Å². The van der Waals surface area contributed by atoms with Crippen molar-refractivity contribution >= 4 is 5.97 Å². The van der Waals surface area contributed by atoms with Gasteiger partial charge in [0.05, 0.1) is 12.7 Å². The Balaban J connectivity index is 1.87. The molecule has 5 nitrogen and oxygen atoms in total. The van der Waals surface area contributed by atoms with Crippen molar-refractivity contribution in [3.63, 3.8) is 0 Å². The van der Waals surface area contributed by atoms with Gasteiger partial charge in [-0.3, -0.25) is 4.79 Å². The van der Waals surface area contributed by atoms with Crippen LogP contribution in [0.25, 0.3) is 0 Å². The lowest BCUT2D eigenvalue weighted by Crippen LogP contribution is -2.21. The third-order valence-electron chi connectivity index (χ3n) is 3.43. The van der Waals surface area contributed by atoms with Gasteiger partial charge < -0.3 is 20.3 Å². The van der Waals surface area contributed by atoms with Crippen molar-refractivity contribution in [3.8, 4) is 0 Å². The third-order valence-corrected chi connectivity index (χ3v) is 3.43. The second-order valence-corrected chi connectivity index (χ2v) is 5.55. The van der Waals surface area contributed by atoms with Crippen LogP contribution in [0.5, 0.6) is 0 Å². The van der Waals surface area contributed by atoms with E-state index in [1.807, 2.05) is 26.0 Å². The summed E-state index contributed by atoms with van der Waals surface area (Å²) in [6.07, 6.45) is 1.87. The van der Waals surface area contributed by atoms with E-state index >= 15 is 0 Å². The van der Waals surface area contributed by atoms with Crippen LogP contribution in [0.15, 0.2) is 24.3 Å². The first-order chi connectivity index (χ1) is 9.37. The molecule has 1 aliphatic heterocycles. The number of hydrogen-bond donors (Lipinski definition) is 2. The molecular formula is C15H21NO4. The molecule has 5 heteroatoms. The van der Waals surface area contributed by atoms with Crippen LogP contribution in [0.1, 0.15) is 37.4 Å². The van der Waals surface area contributed by atoms with Gasteiger partial charge in [-0.15, -0.1) is 0 Å². The van der Waals surface area contributed by atoms with Crippen LogP contribution in [0.2, 0.25) is 0 Å². The highest BCUT2D eigenvalue weighted by atomic mass is 16.7. The van der Waals surface area contributed by atoms with E-state index in [0.29, 0.717) is 12.2 Å². The normalized spacial score (nSPS) is 22.6. The van der Waals surface area contributed by atoms with Gasteiger partial charge >= 0.3 is 5.97 Å². The summed E-state index contributed by atoms with van der Waals surface area (Å²) in [7, 11) is 0. The van der Waals surface area contributed by atoms with E-state index in [-0.39, 0.29) is 6.10 Å². The quantitative estimate of drug-likeness (QED) is 0.859. The highest BCUT2D eigenvalue weighted by Crippen LogP contribution is 2.25. The fourth-order valence-electron chi connectivity index (χ4n) is 2.27. The van der Waals surface area contributed by atoms with Gasteiger partial charge in [0.1, 0.15) is 6.04 Å². The Hall–Kier alpha value is -1.43. The molecule has 3 N–H and O–H groups in total. The summed E-state index contributed by atoms with van der Waals surface area (Å²) in [5, 5.41) is 8.85. The van der Waals surface area contributed by atoms with E-state index in [4.69, 9.17) is 20.3 Å². The van der Waals surface area contributed by atoms with Gasteiger partial charge in [-0.05, 0) is 37.8 Å². The van der Waals surface area contributed by atoms with Crippen molar-refractivity contribution in [2.24, 2.45) is 5.73 Å². The molecule has 20 heavy (non-hydrogen) atoms. The zero-order chi connectivity index (χ0) is 14.8. The van der Waals surface area contributed by atoms with Gasteiger partial charge in [0.2, 0.25) is 0 Å². The maximum absolute atomic E-state index is 10.8. The van der Waals surface area contributed by atoms with Crippen molar-refractivity contribution in [1.82, 2.24) is 0 Å². The van der Waals surface area contributed by atoms with E-state index in [1.165, 1.54) is 0 Å². The number of carboxylic acid groups (broad SMARTS) is 1. The first-order valence-corrected chi connectivity index (χ1v) is 6.76. The molecule has 0 aliphatic carbocycles. The van der Waals surface area contributed by atoms with Gasteiger partial charge in [0, 0.05) is 0 Å². The van der Waals surface area contributed by atoms with Gasteiger partial charge in [-0.25, -0.2) is 0 Å². The summed E-state index contributed by atoms with van der Waals surface area (Å²) in [6, 6.07) is 6.41. The molecule has 1 aromatic rings. The van der Waals surface area contributed by atoms with Crippen LogP contribution in [0.4, 0.5) is 0 Å². The highest BCUT2D eigenvalue weighted by molar-refractivity contribution is 5.75. The molecule has 1 unspecified atom stereocenters. The summed E-state index contributed by atoms with van der Waals surface area (Å²) in [4.78, 5) is 10.8.